The van der Waals surface area contributed by atoms with E-state index >= 15 is 0 Å². The van der Waals surface area contributed by atoms with Crippen LogP contribution in [-0.4, -0.2) is 67.0 Å². The van der Waals surface area contributed by atoms with E-state index in [1.54, 1.807) is 0 Å². The molecule has 1 heterocycles. The average molecular weight is 456 g/mol. The maximum atomic E-state index is 13.3. The number of nitrogens with zero attached hydrogens (tertiary/aromatic N) is 2. The van der Waals surface area contributed by atoms with Gasteiger partial charge in [0, 0.05) is 32.7 Å². The van der Waals surface area contributed by atoms with Gasteiger partial charge in [0.1, 0.15) is 6.61 Å². The quantitative estimate of drug-likeness (QED) is 0.618. The highest BCUT2D eigenvalue weighted by atomic mass is 16.5. The summed E-state index contributed by atoms with van der Waals surface area (Å²) in [5.41, 5.74) is 1.08. The third-order valence-electron chi connectivity index (χ3n) is 7.80. The summed E-state index contributed by atoms with van der Waals surface area (Å²) in [6.45, 7) is 4.28. The summed E-state index contributed by atoms with van der Waals surface area (Å²) >= 11 is 0. The summed E-state index contributed by atoms with van der Waals surface area (Å²) in [7, 11) is 0. The van der Waals surface area contributed by atoms with Crippen molar-refractivity contribution in [1.29, 1.82) is 0 Å². The highest BCUT2D eigenvalue weighted by molar-refractivity contribution is 5.82. The van der Waals surface area contributed by atoms with E-state index in [1.165, 1.54) is 44.9 Å². The topological polar surface area (TPSA) is 61.9 Å². The van der Waals surface area contributed by atoms with Gasteiger partial charge in [-0.25, -0.2) is 0 Å². The Balaban J connectivity index is 1.24. The fourth-order valence-corrected chi connectivity index (χ4v) is 5.86. The van der Waals surface area contributed by atoms with Crippen molar-refractivity contribution in [3.63, 3.8) is 0 Å². The number of hydrogen-bond donors (Lipinski definition) is 1. The van der Waals surface area contributed by atoms with Crippen LogP contribution in [0.2, 0.25) is 0 Å². The van der Waals surface area contributed by atoms with Gasteiger partial charge in [0.05, 0.1) is 12.6 Å². The van der Waals surface area contributed by atoms with Crippen LogP contribution in [0, 0.1) is 11.8 Å². The first-order valence-corrected chi connectivity index (χ1v) is 13.1. The second-order valence-corrected chi connectivity index (χ2v) is 10.1. The molecule has 2 aliphatic carbocycles. The minimum Gasteiger partial charge on any atom is -0.367 e. The van der Waals surface area contributed by atoms with E-state index in [2.05, 4.69) is 10.2 Å². The predicted molar refractivity (Wildman–Crippen MR) is 130 cm³/mol. The molecule has 0 radical (unpaired) electrons. The van der Waals surface area contributed by atoms with Crippen molar-refractivity contribution < 1.29 is 14.3 Å². The van der Waals surface area contributed by atoms with Gasteiger partial charge in [0.15, 0.2) is 0 Å². The Bertz CT molecular complexity index is 736. The van der Waals surface area contributed by atoms with Crippen LogP contribution in [0.4, 0.5) is 0 Å². The summed E-state index contributed by atoms with van der Waals surface area (Å²) in [6, 6.07) is 9.90. The van der Waals surface area contributed by atoms with Crippen molar-refractivity contribution >= 4 is 11.8 Å². The monoisotopic (exact) mass is 455 g/mol. The zero-order chi connectivity index (χ0) is 22.9. The Labute approximate surface area is 199 Å². The third-order valence-corrected chi connectivity index (χ3v) is 7.80. The van der Waals surface area contributed by atoms with Crippen LogP contribution >= 0.6 is 0 Å². The Morgan fingerprint density at radius 1 is 0.909 bits per heavy atom. The minimum atomic E-state index is -0.0392. The molecule has 182 valence electrons. The van der Waals surface area contributed by atoms with Crippen molar-refractivity contribution in [3.05, 3.63) is 35.9 Å². The minimum absolute atomic E-state index is 0.0392. The molecule has 6 nitrogen and oxygen atoms in total. The van der Waals surface area contributed by atoms with E-state index in [0.717, 1.165) is 38.0 Å². The SMILES string of the molecule is O=C(NCC1CCCCC1)C(C1CCCC1)N1CCN(C(=O)COCc2ccccc2)CC1. The number of benzene rings is 1. The molecule has 0 bridgehead atoms. The number of piperazine rings is 1. The maximum Gasteiger partial charge on any atom is 0.248 e. The lowest BCUT2D eigenvalue weighted by molar-refractivity contribution is -0.139. The standard InChI is InChI=1S/C27H41N3O3/c31-25(21-33-20-23-11-5-2-6-12-23)29-15-17-30(18-16-29)26(24-13-7-8-14-24)27(32)28-19-22-9-3-1-4-10-22/h2,5-6,11-12,22,24,26H,1,3-4,7-10,13-21H2,(H,28,32). The zero-order valence-electron chi connectivity index (χ0n) is 20.1. The largest absolute Gasteiger partial charge is 0.367 e. The number of rotatable bonds is 9. The van der Waals surface area contributed by atoms with Crippen LogP contribution in [0.15, 0.2) is 30.3 Å². The van der Waals surface area contributed by atoms with Crippen LogP contribution in [0.1, 0.15) is 63.4 Å². The van der Waals surface area contributed by atoms with E-state index in [1.807, 2.05) is 35.2 Å². The smallest absolute Gasteiger partial charge is 0.248 e. The van der Waals surface area contributed by atoms with Gasteiger partial charge in [0.25, 0.3) is 0 Å². The molecule has 1 unspecified atom stereocenters. The summed E-state index contributed by atoms with van der Waals surface area (Å²) in [5.74, 6) is 1.37. The lowest BCUT2D eigenvalue weighted by Gasteiger charge is -2.41. The van der Waals surface area contributed by atoms with Crippen LogP contribution in [0.25, 0.3) is 0 Å². The Morgan fingerprint density at radius 2 is 1.58 bits per heavy atom. The fraction of sp³-hybridized carbons (Fsp3) is 0.704. The highest BCUT2D eigenvalue weighted by Crippen LogP contribution is 2.31. The molecular weight excluding hydrogens is 414 g/mol. The fourth-order valence-electron chi connectivity index (χ4n) is 5.86. The van der Waals surface area contributed by atoms with Gasteiger partial charge in [-0.3, -0.25) is 14.5 Å². The van der Waals surface area contributed by atoms with E-state index in [4.69, 9.17) is 4.74 Å². The lowest BCUT2D eigenvalue weighted by atomic mass is 9.89. The van der Waals surface area contributed by atoms with Crippen molar-refractivity contribution in [3.8, 4) is 0 Å². The summed E-state index contributed by atoms with van der Waals surface area (Å²) in [5, 5.41) is 3.32. The normalized spacial score (nSPS) is 21.8. The van der Waals surface area contributed by atoms with E-state index in [-0.39, 0.29) is 24.5 Å². The van der Waals surface area contributed by atoms with Gasteiger partial charge in [-0.2, -0.15) is 0 Å². The second-order valence-electron chi connectivity index (χ2n) is 10.1. The number of nitrogens with one attached hydrogen (secondary N) is 1. The van der Waals surface area contributed by atoms with Crippen molar-refractivity contribution in [1.82, 2.24) is 15.1 Å². The number of carbonyl (C=O) groups is 2. The molecule has 33 heavy (non-hydrogen) atoms. The van der Waals surface area contributed by atoms with Crippen molar-refractivity contribution in [2.24, 2.45) is 11.8 Å². The molecule has 1 aromatic rings. The third kappa shape index (κ3) is 7.03. The molecule has 6 heteroatoms. The maximum absolute atomic E-state index is 13.3. The number of carbonyl (C=O) groups excluding carboxylic acids is 2. The molecule has 2 saturated carbocycles. The summed E-state index contributed by atoms with van der Waals surface area (Å²) in [6.07, 6.45) is 11.2. The van der Waals surface area contributed by atoms with Gasteiger partial charge in [-0.1, -0.05) is 62.4 Å². The highest BCUT2D eigenvalue weighted by Gasteiger charge is 2.37. The van der Waals surface area contributed by atoms with Crippen molar-refractivity contribution in [2.45, 2.75) is 70.4 Å². The summed E-state index contributed by atoms with van der Waals surface area (Å²) < 4.78 is 5.65. The van der Waals surface area contributed by atoms with E-state index in [9.17, 15) is 9.59 Å². The first-order valence-electron chi connectivity index (χ1n) is 13.1. The summed E-state index contributed by atoms with van der Waals surface area (Å²) in [4.78, 5) is 30.2. The number of ether oxygens (including phenoxy) is 1. The molecular formula is C27H41N3O3. The molecule has 1 aliphatic heterocycles. The Morgan fingerprint density at radius 3 is 2.27 bits per heavy atom. The second kappa shape index (κ2) is 12.5. The Kier molecular flexibility index (Phi) is 9.18. The molecule has 1 atom stereocenters. The predicted octanol–water partition coefficient (Wildman–Crippen LogP) is 3.60. The van der Waals surface area contributed by atoms with Crippen LogP contribution in [0.5, 0.6) is 0 Å². The average Bonchev–Trinajstić information content (AvgIpc) is 3.39. The van der Waals surface area contributed by atoms with Crippen LogP contribution < -0.4 is 5.32 Å². The molecule has 3 aliphatic rings. The zero-order valence-corrected chi connectivity index (χ0v) is 20.1. The van der Waals surface area contributed by atoms with Gasteiger partial charge in [-0.05, 0) is 43.1 Å². The molecule has 1 saturated heterocycles. The first kappa shape index (κ1) is 24.2. The number of amides is 2. The molecule has 2 amide bonds. The van der Waals surface area contributed by atoms with Gasteiger partial charge in [0.2, 0.25) is 11.8 Å². The van der Waals surface area contributed by atoms with Crippen LogP contribution in [0.3, 0.4) is 0 Å². The molecule has 1 aromatic carbocycles. The molecule has 4 rings (SSSR count). The molecule has 0 spiro atoms. The molecule has 3 fully saturated rings. The molecule has 0 aromatic heterocycles. The van der Waals surface area contributed by atoms with Gasteiger partial charge < -0.3 is 15.0 Å². The van der Waals surface area contributed by atoms with E-state index < -0.39 is 0 Å². The van der Waals surface area contributed by atoms with Gasteiger partial charge >= 0.3 is 0 Å². The first-order chi connectivity index (χ1) is 16.2. The van der Waals surface area contributed by atoms with Crippen LogP contribution in [-0.2, 0) is 20.9 Å². The number of hydrogen-bond acceptors (Lipinski definition) is 4. The molecule has 1 N–H and O–H groups in total. The van der Waals surface area contributed by atoms with Gasteiger partial charge in [-0.15, -0.1) is 0 Å². The van der Waals surface area contributed by atoms with Crippen molar-refractivity contribution in [2.75, 3.05) is 39.3 Å². The van der Waals surface area contributed by atoms with E-state index in [0.29, 0.717) is 31.5 Å². The Hall–Kier alpha value is -1.92. The lowest BCUT2D eigenvalue weighted by Crippen LogP contribution is -2.58.